The van der Waals surface area contributed by atoms with Gasteiger partial charge in [-0.3, -0.25) is 0 Å². The Morgan fingerprint density at radius 2 is 1.66 bits per heavy atom. The van der Waals surface area contributed by atoms with Gasteiger partial charge >= 0.3 is 0 Å². The first kappa shape index (κ1) is 26.0. The zero-order chi connectivity index (χ0) is 23.5. The number of unbranched alkanes of at least 4 members (excludes halogenated alkanes) is 1. The summed E-state index contributed by atoms with van der Waals surface area (Å²) in [7, 11) is 0. The van der Waals surface area contributed by atoms with Crippen LogP contribution in [0.4, 0.5) is 5.69 Å². The van der Waals surface area contributed by atoms with E-state index in [4.69, 9.17) is 28.2 Å². The van der Waals surface area contributed by atoms with Gasteiger partial charge in [0.15, 0.2) is 0 Å². The average molecular weight is 470 g/mol. The van der Waals surface area contributed by atoms with E-state index in [1.165, 1.54) is 22.3 Å². The molecule has 0 bridgehead atoms. The van der Waals surface area contributed by atoms with Gasteiger partial charge in [0.25, 0.3) is 0 Å². The summed E-state index contributed by atoms with van der Waals surface area (Å²) in [6.07, 6.45) is 10.7. The van der Waals surface area contributed by atoms with Crippen molar-refractivity contribution in [3.8, 4) is 0 Å². The fraction of sp³-hybridized carbons (Fsp3) is 0.321. The Morgan fingerprint density at radius 1 is 0.938 bits per heavy atom. The smallest absolute Gasteiger partial charge is 0.103 e. The van der Waals surface area contributed by atoms with Crippen LogP contribution in [-0.4, -0.2) is 5.84 Å². The molecule has 2 aromatic carbocycles. The number of aryl methyl sites for hydroxylation is 1. The van der Waals surface area contributed by atoms with Gasteiger partial charge in [-0.25, -0.2) is 4.99 Å². The van der Waals surface area contributed by atoms with E-state index in [-0.39, 0.29) is 0 Å². The van der Waals surface area contributed by atoms with Crippen LogP contribution in [0.15, 0.2) is 77.0 Å². The van der Waals surface area contributed by atoms with Crippen LogP contribution in [0.1, 0.15) is 65.0 Å². The molecule has 2 aromatic rings. The number of nitrogens with one attached hydrogen (secondary N) is 1. The summed E-state index contributed by atoms with van der Waals surface area (Å²) in [5.74, 6) is 0.779. The number of hydrogen-bond donors (Lipinski definition) is 1. The molecule has 0 radical (unpaired) electrons. The van der Waals surface area contributed by atoms with E-state index >= 15 is 0 Å². The maximum Gasteiger partial charge on any atom is 0.103 e. The lowest BCUT2D eigenvalue weighted by atomic mass is 9.91. The van der Waals surface area contributed by atoms with E-state index in [9.17, 15) is 0 Å². The molecular weight excluding hydrogens is 435 g/mol. The minimum atomic E-state index is 0.516. The summed E-state index contributed by atoms with van der Waals surface area (Å²) in [5.41, 5.74) is 6.99. The van der Waals surface area contributed by atoms with Crippen LogP contribution < -0.4 is 5.32 Å². The Bertz CT molecular complexity index is 1010. The van der Waals surface area contributed by atoms with Gasteiger partial charge in [0, 0.05) is 17.5 Å². The largest absolute Gasteiger partial charge is 0.344 e. The predicted molar refractivity (Wildman–Crippen MR) is 144 cm³/mol. The lowest BCUT2D eigenvalue weighted by molar-refractivity contribution is 0.950. The zero-order valence-electron chi connectivity index (χ0n) is 19.8. The molecule has 2 rings (SSSR count). The lowest BCUT2D eigenvalue weighted by Crippen LogP contribution is -2.06. The standard InChI is InChI=1S/C28H34Cl2N2/c1-6-9-11-20(4)26(25(10-7-2)23-14-12-22(8-3)13-15-23)19-31-21(5)32-24-16-17-27(29)28(30)18-24/h10-19H,6-9H2,1-5H3,(H,31,32)/b20-11+,25-10-,26-19+. The van der Waals surface area contributed by atoms with E-state index in [2.05, 4.69) is 69.4 Å². The molecule has 0 heterocycles. The summed E-state index contributed by atoms with van der Waals surface area (Å²) in [6, 6.07) is 14.3. The molecule has 170 valence electrons. The molecule has 0 aliphatic carbocycles. The van der Waals surface area contributed by atoms with Crippen LogP contribution in [-0.2, 0) is 6.42 Å². The summed E-state index contributed by atoms with van der Waals surface area (Å²) in [5, 5.41) is 4.35. The second kappa shape index (κ2) is 13.3. The number of benzene rings is 2. The van der Waals surface area contributed by atoms with E-state index in [1.54, 1.807) is 12.1 Å². The third-order valence-electron chi connectivity index (χ3n) is 5.17. The highest BCUT2D eigenvalue weighted by molar-refractivity contribution is 6.42. The second-order valence-electron chi connectivity index (χ2n) is 7.76. The van der Waals surface area contributed by atoms with Crippen molar-refractivity contribution in [2.24, 2.45) is 4.99 Å². The van der Waals surface area contributed by atoms with Crippen LogP contribution in [0.25, 0.3) is 5.57 Å². The number of allylic oxidation sites excluding steroid dienone is 5. The van der Waals surface area contributed by atoms with Gasteiger partial charge in [0.1, 0.15) is 5.84 Å². The molecule has 0 aliphatic rings. The van der Waals surface area contributed by atoms with Gasteiger partial charge < -0.3 is 5.32 Å². The predicted octanol–water partition coefficient (Wildman–Crippen LogP) is 9.51. The molecule has 0 aromatic heterocycles. The maximum absolute atomic E-state index is 6.14. The number of amidine groups is 1. The van der Waals surface area contributed by atoms with E-state index in [0.29, 0.717) is 10.0 Å². The molecule has 1 N–H and O–H groups in total. The van der Waals surface area contributed by atoms with Crippen LogP contribution in [0.3, 0.4) is 0 Å². The topological polar surface area (TPSA) is 24.4 Å². The maximum atomic E-state index is 6.14. The molecule has 0 saturated carbocycles. The third-order valence-corrected chi connectivity index (χ3v) is 5.91. The van der Waals surface area contributed by atoms with Crippen LogP contribution >= 0.6 is 23.2 Å². The van der Waals surface area contributed by atoms with E-state index < -0.39 is 0 Å². The first-order chi connectivity index (χ1) is 15.4. The highest BCUT2D eigenvalue weighted by Crippen LogP contribution is 2.30. The quantitative estimate of drug-likeness (QED) is 0.221. The van der Waals surface area contributed by atoms with Crippen molar-refractivity contribution >= 4 is 40.3 Å². The van der Waals surface area contributed by atoms with Gasteiger partial charge in [-0.1, -0.05) is 86.8 Å². The Kier molecular flexibility index (Phi) is 10.8. The number of halogens is 2. The number of rotatable bonds is 9. The summed E-state index contributed by atoms with van der Waals surface area (Å²) in [6.45, 7) is 10.7. The lowest BCUT2D eigenvalue weighted by Gasteiger charge is -2.14. The van der Waals surface area contributed by atoms with Crippen molar-refractivity contribution in [1.82, 2.24) is 0 Å². The van der Waals surface area contributed by atoms with Gasteiger partial charge in [0.2, 0.25) is 0 Å². The summed E-state index contributed by atoms with van der Waals surface area (Å²) < 4.78 is 0. The zero-order valence-corrected chi connectivity index (χ0v) is 21.3. The minimum Gasteiger partial charge on any atom is -0.344 e. The van der Waals surface area contributed by atoms with Crippen LogP contribution in [0.5, 0.6) is 0 Å². The highest BCUT2D eigenvalue weighted by Gasteiger charge is 2.10. The second-order valence-corrected chi connectivity index (χ2v) is 8.58. The Morgan fingerprint density at radius 3 is 2.25 bits per heavy atom. The highest BCUT2D eigenvalue weighted by atomic mass is 35.5. The summed E-state index contributed by atoms with van der Waals surface area (Å²) in [4.78, 5) is 4.75. The van der Waals surface area contributed by atoms with Crippen molar-refractivity contribution in [3.63, 3.8) is 0 Å². The number of aliphatic imine (C=N–C) groups is 1. The van der Waals surface area contributed by atoms with Crippen molar-refractivity contribution in [2.45, 2.75) is 60.3 Å². The van der Waals surface area contributed by atoms with Crippen molar-refractivity contribution in [1.29, 1.82) is 0 Å². The average Bonchev–Trinajstić information content (AvgIpc) is 2.79. The fourth-order valence-electron chi connectivity index (χ4n) is 3.34. The number of hydrogen-bond acceptors (Lipinski definition) is 1. The molecule has 2 nitrogen and oxygen atoms in total. The molecule has 0 atom stereocenters. The van der Waals surface area contributed by atoms with E-state index in [0.717, 1.165) is 42.8 Å². The van der Waals surface area contributed by atoms with E-state index in [1.807, 2.05) is 19.2 Å². The van der Waals surface area contributed by atoms with Crippen LogP contribution in [0.2, 0.25) is 10.0 Å². The molecule has 0 unspecified atom stereocenters. The third kappa shape index (κ3) is 7.69. The molecule has 4 heteroatoms. The van der Waals surface area contributed by atoms with Crippen LogP contribution in [0, 0.1) is 0 Å². The van der Waals surface area contributed by atoms with Gasteiger partial charge in [-0.2, -0.15) is 0 Å². The SMILES string of the molecule is CC\C=C(C(=C/N=C(C)Nc1ccc(Cl)c(Cl)c1)/C(C)=C/CCC)\c1ccc(CC)cc1. The monoisotopic (exact) mass is 468 g/mol. The first-order valence-electron chi connectivity index (χ1n) is 11.3. The Balaban J connectivity index is 2.44. The molecule has 0 fully saturated rings. The minimum absolute atomic E-state index is 0.516. The number of anilines is 1. The fourth-order valence-corrected chi connectivity index (χ4v) is 3.64. The van der Waals surface area contributed by atoms with Gasteiger partial charge in [0.05, 0.1) is 10.0 Å². The van der Waals surface area contributed by atoms with Crippen molar-refractivity contribution in [3.05, 3.63) is 93.1 Å². The molecule has 0 spiro atoms. The summed E-state index contributed by atoms with van der Waals surface area (Å²) >= 11 is 12.2. The molecule has 0 saturated heterocycles. The molecule has 32 heavy (non-hydrogen) atoms. The van der Waals surface area contributed by atoms with Crippen molar-refractivity contribution < 1.29 is 0 Å². The first-order valence-corrected chi connectivity index (χ1v) is 12.1. The van der Waals surface area contributed by atoms with Crippen molar-refractivity contribution in [2.75, 3.05) is 5.32 Å². The van der Waals surface area contributed by atoms with Gasteiger partial charge in [-0.15, -0.1) is 0 Å². The molecule has 0 amide bonds. The number of nitrogens with zero attached hydrogens (tertiary/aromatic N) is 1. The van der Waals surface area contributed by atoms with Gasteiger partial charge in [-0.05, 0) is 73.6 Å². The molecular formula is C28H34Cl2N2. The Hall–Kier alpha value is -2.29. The molecule has 0 aliphatic heterocycles. The normalized spacial score (nSPS) is 13.5. The Labute approximate surface area is 203 Å².